The summed E-state index contributed by atoms with van der Waals surface area (Å²) >= 11 is 0. The van der Waals surface area contributed by atoms with Crippen LogP contribution in [0.15, 0.2) is 28.8 Å². The Hall–Kier alpha value is -2.34. The monoisotopic (exact) mass is 357 g/mol. The summed E-state index contributed by atoms with van der Waals surface area (Å²) in [6.45, 7) is 7.84. The quantitative estimate of drug-likeness (QED) is 0.796. The maximum atomic E-state index is 12.4. The Morgan fingerprint density at radius 1 is 1.19 bits per heavy atom. The lowest BCUT2D eigenvalue weighted by molar-refractivity contribution is -0.130. The van der Waals surface area contributed by atoms with Crippen LogP contribution in [0.5, 0.6) is 0 Å². The van der Waals surface area contributed by atoms with Gasteiger partial charge in [-0.3, -0.25) is 4.79 Å². The number of nitrogens with zero attached hydrogens (tertiary/aromatic N) is 3. The van der Waals surface area contributed by atoms with Gasteiger partial charge in [0.15, 0.2) is 0 Å². The highest BCUT2D eigenvalue weighted by Crippen LogP contribution is 2.18. The van der Waals surface area contributed by atoms with Gasteiger partial charge >= 0.3 is 0 Å². The normalized spacial score (nSPS) is 14.5. The SMILES string of the molecule is Cc1noc(C)c1CCC(=O)N(C)Cc1ccc(N2CCOCC2)cc1. The summed E-state index contributed by atoms with van der Waals surface area (Å²) in [4.78, 5) is 16.5. The van der Waals surface area contributed by atoms with E-state index in [9.17, 15) is 4.79 Å². The second-order valence-corrected chi connectivity index (χ2v) is 6.82. The minimum Gasteiger partial charge on any atom is -0.378 e. The fraction of sp³-hybridized carbons (Fsp3) is 0.500. The number of carbonyl (C=O) groups is 1. The number of morpholine rings is 1. The third kappa shape index (κ3) is 4.43. The Kier molecular flexibility index (Phi) is 5.93. The molecule has 6 nitrogen and oxygen atoms in total. The van der Waals surface area contributed by atoms with Crippen LogP contribution in [0.2, 0.25) is 0 Å². The maximum Gasteiger partial charge on any atom is 0.222 e. The van der Waals surface area contributed by atoms with Crippen molar-refractivity contribution >= 4 is 11.6 Å². The van der Waals surface area contributed by atoms with Crippen molar-refractivity contribution in [3.8, 4) is 0 Å². The van der Waals surface area contributed by atoms with E-state index in [-0.39, 0.29) is 5.91 Å². The van der Waals surface area contributed by atoms with Crippen molar-refractivity contribution in [3.63, 3.8) is 0 Å². The van der Waals surface area contributed by atoms with Gasteiger partial charge in [0, 0.05) is 44.4 Å². The Morgan fingerprint density at radius 2 is 1.88 bits per heavy atom. The Labute approximate surface area is 154 Å². The summed E-state index contributed by atoms with van der Waals surface area (Å²) in [6, 6.07) is 8.46. The van der Waals surface area contributed by atoms with Crippen LogP contribution in [0, 0.1) is 13.8 Å². The van der Waals surface area contributed by atoms with Crippen LogP contribution in [-0.4, -0.2) is 49.3 Å². The molecule has 0 radical (unpaired) electrons. The summed E-state index contributed by atoms with van der Waals surface area (Å²) in [6.07, 6.45) is 1.13. The van der Waals surface area contributed by atoms with Crippen LogP contribution in [0.4, 0.5) is 5.69 Å². The molecule has 0 bridgehead atoms. The third-order valence-electron chi connectivity index (χ3n) is 4.93. The number of aromatic nitrogens is 1. The van der Waals surface area contributed by atoms with Gasteiger partial charge in [-0.1, -0.05) is 17.3 Å². The summed E-state index contributed by atoms with van der Waals surface area (Å²) < 4.78 is 10.6. The van der Waals surface area contributed by atoms with Crippen molar-refractivity contribution in [2.24, 2.45) is 0 Å². The number of benzene rings is 1. The maximum absolute atomic E-state index is 12.4. The largest absolute Gasteiger partial charge is 0.378 e. The molecule has 1 aromatic heterocycles. The molecule has 26 heavy (non-hydrogen) atoms. The summed E-state index contributed by atoms with van der Waals surface area (Å²) in [5.41, 5.74) is 4.26. The van der Waals surface area contributed by atoms with E-state index in [1.807, 2.05) is 20.9 Å². The third-order valence-corrected chi connectivity index (χ3v) is 4.93. The van der Waals surface area contributed by atoms with Gasteiger partial charge in [-0.2, -0.15) is 0 Å². The topological polar surface area (TPSA) is 58.8 Å². The first-order chi connectivity index (χ1) is 12.5. The lowest BCUT2D eigenvalue weighted by Gasteiger charge is -2.29. The first-order valence-electron chi connectivity index (χ1n) is 9.12. The van der Waals surface area contributed by atoms with E-state index in [1.165, 1.54) is 5.69 Å². The van der Waals surface area contributed by atoms with Crippen LogP contribution in [-0.2, 0) is 22.5 Å². The van der Waals surface area contributed by atoms with Gasteiger partial charge in [0.05, 0.1) is 18.9 Å². The molecule has 2 heterocycles. The minimum atomic E-state index is 0.127. The number of hydrogen-bond donors (Lipinski definition) is 0. The smallest absolute Gasteiger partial charge is 0.222 e. The second-order valence-electron chi connectivity index (χ2n) is 6.82. The van der Waals surface area contributed by atoms with Crippen molar-refractivity contribution in [3.05, 3.63) is 46.8 Å². The van der Waals surface area contributed by atoms with Crippen molar-refractivity contribution < 1.29 is 14.1 Å². The zero-order valence-corrected chi connectivity index (χ0v) is 15.8. The molecule has 1 aliphatic rings. The molecule has 1 amide bonds. The van der Waals surface area contributed by atoms with E-state index >= 15 is 0 Å². The average molecular weight is 357 g/mol. The van der Waals surface area contributed by atoms with Crippen molar-refractivity contribution in [2.45, 2.75) is 33.2 Å². The standard InChI is InChI=1S/C20H27N3O3/c1-15-19(16(2)26-21-15)8-9-20(24)22(3)14-17-4-6-18(7-5-17)23-10-12-25-13-11-23/h4-7H,8-14H2,1-3H3. The van der Waals surface area contributed by atoms with Crippen LogP contribution in [0.25, 0.3) is 0 Å². The summed E-state index contributed by atoms with van der Waals surface area (Å²) in [5.74, 6) is 0.930. The fourth-order valence-electron chi connectivity index (χ4n) is 3.28. The van der Waals surface area contributed by atoms with Crippen molar-refractivity contribution in [1.29, 1.82) is 0 Å². The number of amides is 1. The highest BCUT2D eigenvalue weighted by atomic mass is 16.5. The predicted octanol–water partition coefficient (Wildman–Crippen LogP) is 2.72. The van der Waals surface area contributed by atoms with Crippen molar-refractivity contribution in [2.75, 3.05) is 38.3 Å². The molecule has 0 spiro atoms. The molecule has 0 saturated carbocycles. The summed E-state index contributed by atoms with van der Waals surface area (Å²) in [7, 11) is 1.85. The average Bonchev–Trinajstić information content (AvgIpc) is 2.99. The number of aryl methyl sites for hydroxylation is 2. The van der Waals surface area contributed by atoms with Gasteiger partial charge in [0.25, 0.3) is 0 Å². The van der Waals surface area contributed by atoms with Gasteiger partial charge in [0.2, 0.25) is 5.91 Å². The van der Waals surface area contributed by atoms with E-state index in [1.54, 1.807) is 4.90 Å². The number of hydrogen-bond acceptors (Lipinski definition) is 5. The molecule has 1 aliphatic heterocycles. The summed E-state index contributed by atoms with van der Waals surface area (Å²) in [5, 5.41) is 3.94. The molecule has 0 atom stereocenters. The highest BCUT2D eigenvalue weighted by molar-refractivity contribution is 5.76. The van der Waals surface area contributed by atoms with E-state index < -0.39 is 0 Å². The van der Waals surface area contributed by atoms with Crippen LogP contribution < -0.4 is 4.90 Å². The van der Waals surface area contributed by atoms with Gasteiger partial charge in [0.1, 0.15) is 5.76 Å². The van der Waals surface area contributed by atoms with E-state index in [0.29, 0.717) is 19.4 Å². The zero-order valence-electron chi connectivity index (χ0n) is 15.8. The molecule has 0 aliphatic carbocycles. The van der Waals surface area contributed by atoms with Crippen LogP contribution >= 0.6 is 0 Å². The van der Waals surface area contributed by atoms with Crippen LogP contribution in [0.3, 0.4) is 0 Å². The van der Waals surface area contributed by atoms with Gasteiger partial charge in [-0.05, 0) is 38.0 Å². The molecule has 6 heteroatoms. The van der Waals surface area contributed by atoms with E-state index in [0.717, 1.165) is 48.9 Å². The first kappa shape index (κ1) is 18.5. The Balaban J connectivity index is 1.52. The molecular weight excluding hydrogens is 330 g/mol. The molecular formula is C20H27N3O3. The molecule has 140 valence electrons. The lowest BCUT2D eigenvalue weighted by atomic mass is 10.1. The zero-order chi connectivity index (χ0) is 18.5. The molecule has 1 aromatic carbocycles. The second kappa shape index (κ2) is 8.36. The van der Waals surface area contributed by atoms with Gasteiger partial charge in [-0.25, -0.2) is 0 Å². The molecule has 0 N–H and O–H groups in total. The molecule has 0 unspecified atom stereocenters. The molecule has 3 rings (SSSR count). The van der Waals surface area contributed by atoms with E-state index in [2.05, 4.69) is 34.3 Å². The Morgan fingerprint density at radius 3 is 2.50 bits per heavy atom. The van der Waals surface area contributed by atoms with Crippen LogP contribution in [0.1, 0.15) is 29.0 Å². The number of carbonyl (C=O) groups excluding carboxylic acids is 1. The van der Waals surface area contributed by atoms with Crippen molar-refractivity contribution in [1.82, 2.24) is 10.1 Å². The Bertz CT molecular complexity index is 714. The molecule has 2 aromatic rings. The minimum absolute atomic E-state index is 0.127. The van der Waals surface area contributed by atoms with Gasteiger partial charge in [-0.15, -0.1) is 0 Å². The van der Waals surface area contributed by atoms with E-state index in [4.69, 9.17) is 9.26 Å². The van der Waals surface area contributed by atoms with Gasteiger partial charge < -0.3 is 19.1 Å². The fourth-order valence-corrected chi connectivity index (χ4v) is 3.28. The number of ether oxygens (including phenoxy) is 1. The predicted molar refractivity (Wildman–Crippen MR) is 100 cm³/mol. The molecule has 1 saturated heterocycles. The number of rotatable bonds is 6. The highest BCUT2D eigenvalue weighted by Gasteiger charge is 2.15. The molecule has 1 fully saturated rings. The first-order valence-corrected chi connectivity index (χ1v) is 9.12. The lowest BCUT2D eigenvalue weighted by Crippen LogP contribution is -2.36. The number of anilines is 1.